The Bertz CT molecular complexity index is 1120. The molecule has 0 atom stereocenters. The van der Waals surface area contributed by atoms with Crippen LogP contribution in [-0.2, 0) is 13.0 Å². The fraction of sp³-hybridized carbons (Fsp3) is 0.200. The van der Waals surface area contributed by atoms with Gasteiger partial charge >= 0.3 is 0 Å². The van der Waals surface area contributed by atoms with Crippen LogP contribution in [0.3, 0.4) is 0 Å². The van der Waals surface area contributed by atoms with Crippen LogP contribution in [0.25, 0.3) is 22.0 Å². The zero-order valence-electron chi connectivity index (χ0n) is 16.4. The molecule has 0 unspecified atom stereocenters. The van der Waals surface area contributed by atoms with Gasteiger partial charge in [0.1, 0.15) is 0 Å². The van der Waals surface area contributed by atoms with Crippen LogP contribution in [-0.4, -0.2) is 16.5 Å². The van der Waals surface area contributed by atoms with E-state index >= 15 is 0 Å². The van der Waals surface area contributed by atoms with Gasteiger partial charge in [-0.1, -0.05) is 30.3 Å². The van der Waals surface area contributed by atoms with Crippen LogP contribution >= 0.6 is 0 Å². The minimum absolute atomic E-state index is 0.713. The van der Waals surface area contributed by atoms with E-state index in [-0.39, 0.29) is 0 Å². The summed E-state index contributed by atoms with van der Waals surface area (Å²) in [4.78, 5) is 7.78. The molecule has 0 saturated heterocycles. The molecule has 2 N–H and O–H groups in total. The third-order valence-corrected chi connectivity index (χ3v) is 5.18. The minimum Gasteiger partial charge on any atom is -0.361 e. The summed E-state index contributed by atoms with van der Waals surface area (Å²) in [5.74, 6) is 0. The van der Waals surface area contributed by atoms with Crippen LogP contribution in [0.15, 0.2) is 73.1 Å². The number of hydrogen-bond donors (Lipinski definition) is 2. The minimum atomic E-state index is 0.713. The Labute approximate surface area is 171 Å². The lowest BCUT2D eigenvalue weighted by molar-refractivity contribution is 0.617. The van der Waals surface area contributed by atoms with Crippen molar-refractivity contribution in [2.45, 2.75) is 25.8 Å². The number of aromatic amines is 1. The average Bonchev–Trinajstić information content (AvgIpc) is 3.19. The number of aryl methyl sites for hydroxylation is 1. The summed E-state index contributed by atoms with van der Waals surface area (Å²) in [6.07, 6.45) is 7.17. The van der Waals surface area contributed by atoms with Gasteiger partial charge in [-0.25, -0.2) is 0 Å². The lowest BCUT2D eigenvalue weighted by Gasteiger charge is -2.07. The first-order valence-corrected chi connectivity index (χ1v) is 10.0. The number of nitriles is 1. The smallest absolute Gasteiger partial charge is 0.0991 e. The van der Waals surface area contributed by atoms with Gasteiger partial charge in [-0.15, -0.1) is 0 Å². The SMILES string of the molecule is N#Cc1ccc2[nH]cc(CCCCNCc3cc(-c4ccccc4)ccn3)c2c1. The summed E-state index contributed by atoms with van der Waals surface area (Å²) in [7, 11) is 0. The van der Waals surface area contributed by atoms with Crippen molar-refractivity contribution in [2.75, 3.05) is 6.54 Å². The zero-order chi connectivity index (χ0) is 19.9. The van der Waals surface area contributed by atoms with Gasteiger partial charge in [0.15, 0.2) is 0 Å². The van der Waals surface area contributed by atoms with Crippen molar-refractivity contribution in [3.8, 4) is 17.2 Å². The Kier molecular flexibility index (Phi) is 5.99. The van der Waals surface area contributed by atoms with E-state index in [4.69, 9.17) is 5.26 Å². The summed E-state index contributed by atoms with van der Waals surface area (Å²) >= 11 is 0. The molecular weight excluding hydrogens is 356 g/mol. The topological polar surface area (TPSA) is 64.5 Å². The summed E-state index contributed by atoms with van der Waals surface area (Å²) in [6, 6.07) is 22.6. The van der Waals surface area contributed by atoms with Gasteiger partial charge in [0.05, 0.1) is 17.3 Å². The largest absolute Gasteiger partial charge is 0.361 e. The van der Waals surface area contributed by atoms with Crippen LogP contribution in [0.2, 0.25) is 0 Å². The molecule has 4 rings (SSSR count). The lowest BCUT2D eigenvalue weighted by atomic mass is 10.1. The molecule has 0 amide bonds. The molecule has 144 valence electrons. The Morgan fingerprint density at radius 3 is 2.72 bits per heavy atom. The first-order valence-electron chi connectivity index (χ1n) is 10.0. The van der Waals surface area contributed by atoms with E-state index in [0.29, 0.717) is 5.56 Å². The van der Waals surface area contributed by atoms with Crippen molar-refractivity contribution < 1.29 is 0 Å². The molecule has 0 spiro atoms. The van der Waals surface area contributed by atoms with Crippen LogP contribution in [0.5, 0.6) is 0 Å². The molecule has 29 heavy (non-hydrogen) atoms. The van der Waals surface area contributed by atoms with Gasteiger partial charge in [-0.3, -0.25) is 4.98 Å². The van der Waals surface area contributed by atoms with Gasteiger partial charge in [0, 0.05) is 29.8 Å². The van der Waals surface area contributed by atoms with Crippen LogP contribution in [0, 0.1) is 11.3 Å². The van der Waals surface area contributed by atoms with E-state index in [2.05, 4.69) is 63.9 Å². The average molecular weight is 380 g/mol. The number of hydrogen-bond acceptors (Lipinski definition) is 3. The van der Waals surface area contributed by atoms with Crippen LogP contribution < -0.4 is 5.32 Å². The zero-order valence-corrected chi connectivity index (χ0v) is 16.4. The van der Waals surface area contributed by atoms with E-state index in [0.717, 1.165) is 43.6 Å². The van der Waals surface area contributed by atoms with Crippen molar-refractivity contribution in [1.82, 2.24) is 15.3 Å². The molecule has 0 aliphatic carbocycles. The molecular formula is C25H24N4. The number of H-pyrrole nitrogens is 1. The second-order valence-electron chi connectivity index (χ2n) is 7.22. The van der Waals surface area contributed by atoms with Gasteiger partial charge in [-0.05, 0) is 72.8 Å². The lowest BCUT2D eigenvalue weighted by Crippen LogP contribution is -2.15. The highest BCUT2D eigenvalue weighted by molar-refractivity contribution is 5.84. The molecule has 4 nitrogen and oxygen atoms in total. The maximum absolute atomic E-state index is 9.10. The highest BCUT2D eigenvalue weighted by atomic mass is 14.9. The Morgan fingerprint density at radius 2 is 1.86 bits per heavy atom. The molecule has 0 saturated carbocycles. The van der Waals surface area contributed by atoms with E-state index < -0.39 is 0 Å². The van der Waals surface area contributed by atoms with Crippen molar-refractivity contribution in [2.24, 2.45) is 0 Å². The molecule has 0 fully saturated rings. The number of aromatic nitrogens is 2. The molecule has 0 aliphatic heterocycles. The first-order chi connectivity index (χ1) is 14.3. The number of fused-ring (bicyclic) bond motifs is 1. The normalized spacial score (nSPS) is 10.9. The van der Waals surface area contributed by atoms with Crippen molar-refractivity contribution >= 4 is 10.9 Å². The van der Waals surface area contributed by atoms with Crippen molar-refractivity contribution in [3.05, 3.63) is 89.9 Å². The van der Waals surface area contributed by atoms with Gasteiger partial charge in [0.2, 0.25) is 0 Å². The van der Waals surface area contributed by atoms with E-state index in [1.54, 1.807) is 0 Å². The maximum Gasteiger partial charge on any atom is 0.0991 e. The van der Waals surface area contributed by atoms with E-state index in [9.17, 15) is 0 Å². The number of rotatable bonds is 8. The third kappa shape index (κ3) is 4.71. The maximum atomic E-state index is 9.10. The number of nitrogens with zero attached hydrogens (tertiary/aromatic N) is 2. The summed E-state index contributed by atoms with van der Waals surface area (Å²) < 4.78 is 0. The molecule has 4 aromatic rings. The summed E-state index contributed by atoms with van der Waals surface area (Å²) in [5.41, 5.74) is 6.58. The van der Waals surface area contributed by atoms with Crippen LogP contribution in [0.1, 0.15) is 29.7 Å². The molecule has 2 aromatic heterocycles. The number of nitrogens with one attached hydrogen (secondary N) is 2. The summed E-state index contributed by atoms with van der Waals surface area (Å²) in [6.45, 7) is 1.74. The second kappa shape index (κ2) is 9.18. The second-order valence-corrected chi connectivity index (χ2v) is 7.22. The summed E-state index contributed by atoms with van der Waals surface area (Å²) in [5, 5.41) is 13.8. The number of unbranched alkanes of at least 4 members (excludes halogenated alkanes) is 1. The Hall–Kier alpha value is -3.42. The number of benzene rings is 2. The Morgan fingerprint density at radius 1 is 0.966 bits per heavy atom. The third-order valence-electron chi connectivity index (χ3n) is 5.18. The van der Waals surface area contributed by atoms with Gasteiger partial charge in [0.25, 0.3) is 0 Å². The quantitative estimate of drug-likeness (QED) is 0.412. The molecule has 0 radical (unpaired) electrons. The van der Waals surface area contributed by atoms with Crippen LogP contribution in [0.4, 0.5) is 0 Å². The first kappa shape index (κ1) is 18.9. The van der Waals surface area contributed by atoms with Gasteiger partial charge in [-0.2, -0.15) is 5.26 Å². The van der Waals surface area contributed by atoms with Crippen molar-refractivity contribution in [1.29, 1.82) is 5.26 Å². The fourth-order valence-electron chi connectivity index (χ4n) is 3.62. The number of pyridine rings is 1. The standard InChI is InChI=1S/C25H24N4/c26-16-19-9-10-25-24(14-19)22(17-29-25)8-4-5-12-27-18-23-15-21(11-13-28-23)20-6-2-1-3-7-20/h1-3,6-7,9-11,13-15,17,27,29H,4-5,8,12,18H2. The molecule has 0 aliphatic rings. The Balaban J connectivity index is 1.24. The van der Waals surface area contributed by atoms with E-state index in [1.807, 2.05) is 30.5 Å². The predicted octanol–water partition coefficient (Wildman–Crippen LogP) is 5.21. The molecule has 2 aromatic carbocycles. The molecule has 0 bridgehead atoms. The highest BCUT2D eigenvalue weighted by Gasteiger charge is 2.05. The van der Waals surface area contributed by atoms with Crippen molar-refractivity contribution in [3.63, 3.8) is 0 Å². The fourth-order valence-corrected chi connectivity index (χ4v) is 3.62. The predicted molar refractivity (Wildman–Crippen MR) is 117 cm³/mol. The highest BCUT2D eigenvalue weighted by Crippen LogP contribution is 2.21. The molecule has 2 heterocycles. The van der Waals surface area contributed by atoms with Gasteiger partial charge < -0.3 is 10.3 Å². The molecule has 4 heteroatoms. The monoisotopic (exact) mass is 380 g/mol. The van der Waals surface area contributed by atoms with E-state index in [1.165, 1.54) is 22.1 Å².